The fourth-order valence-corrected chi connectivity index (χ4v) is 1.81. The quantitative estimate of drug-likeness (QED) is 0.437. The minimum absolute atomic E-state index is 0.145. The molecule has 0 aromatic heterocycles. The fraction of sp³-hybridized carbons (Fsp3) is 0.500. The maximum Gasteiger partial charge on any atom is 0.295 e. The van der Waals surface area contributed by atoms with Gasteiger partial charge < -0.3 is 10.4 Å². The van der Waals surface area contributed by atoms with Gasteiger partial charge >= 0.3 is 0 Å². The summed E-state index contributed by atoms with van der Waals surface area (Å²) in [7, 11) is 0. The number of nitro benzene ring substituents is 1. The Morgan fingerprint density at radius 3 is 2.63 bits per heavy atom. The number of unbranched alkanes of at least 4 members (excludes halogenated alkanes) is 3. The van der Waals surface area contributed by atoms with Gasteiger partial charge in [-0.3, -0.25) is 10.1 Å². The van der Waals surface area contributed by atoms with Crippen LogP contribution in [-0.2, 0) is 0 Å². The van der Waals surface area contributed by atoms with Crippen molar-refractivity contribution >= 4 is 23.0 Å². The second kappa shape index (κ2) is 7.91. The Morgan fingerprint density at radius 2 is 2.00 bits per heavy atom. The molecule has 0 fully saturated rings. The molecule has 0 aliphatic carbocycles. The van der Waals surface area contributed by atoms with E-state index >= 15 is 0 Å². The van der Waals surface area contributed by atoms with Gasteiger partial charge in [0.2, 0.25) is 0 Å². The van der Waals surface area contributed by atoms with Gasteiger partial charge in [0, 0.05) is 13.2 Å². The molecule has 0 aliphatic heterocycles. The summed E-state index contributed by atoms with van der Waals surface area (Å²) >= 11 is 5.61. The zero-order chi connectivity index (χ0) is 14.3. The van der Waals surface area contributed by atoms with Crippen LogP contribution in [0.25, 0.3) is 0 Å². The van der Waals surface area contributed by atoms with Crippen LogP contribution < -0.4 is 5.32 Å². The number of hydrogen-bond acceptors (Lipinski definition) is 4. The highest BCUT2D eigenvalue weighted by Crippen LogP contribution is 2.30. The van der Waals surface area contributed by atoms with Gasteiger partial charge in [-0.2, -0.15) is 0 Å². The molecule has 0 atom stereocenters. The predicted molar refractivity (Wildman–Crippen MR) is 72.1 cm³/mol. The van der Waals surface area contributed by atoms with E-state index in [1.807, 2.05) is 0 Å². The second-order valence-electron chi connectivity index (χ2n) is 4.11. The smallest absolute Gasteiger partial charge is 0.295 e. The normalized spacial score (nSPS) is 10.5. The van der Waals surface area contributed by atoms with Crippen molar-refractivity contribution in [3.63, 3.8) is 0 Å². The standard InChI is InChI=1S/C12H16ClFN2O3/c13-9-7-11(12(16(18)19)8-10(9)14)15-5-3-1-2-4-6-17/h7-8,15,17H,1-6H2. The number of aliphatic hydroxyl groups excluding tert-OH is 1. The largest absolute Gasteiger partial charge is 0.396 e. The molecule has 0 spiro atoms. The Bertz CT molecular complexity index is 443. The van der Waals surface area contributed by atoms with Crippen molar-refractivity contribution in [2.75, 3.05) is 18.5 Å². The number of nitrogens with one attached hydrogen (secondary N) is 1. The molecule has 0 radical (unpaired) electrons. The number of rotatable bonds is 8. The first-order chi connectivity index (χ1) is 9.06. The fourth-order valence-electron chi connectivity index (χ4n) is 1.64. The van der Waals surface area contributed by atoms with E-state index in [2.05, 4.69) is 5.32 Å². The maximum absolute atomic E-state index is 13.2. The third-order valence-corrected chi connectivity index (χ3v) is 2.93. The lowest BCUT2D eigenvalue weighted by Gasteiger charge is -2.08. The first kappa shape index (κ1) is 15.7. The summed E-state index contributed by atoms with van der Waals surface area (Å²) in [6.07, 6.45) is 3.38. The Labute approximate surface area is 115 Å². The topological polar surface area (TPSA) is 75.4 Å². The lowest BCUT2D eigenvalue weighted by atomic mass is 10.2. The van der Waals surface area contributed by atoms with Crippen LogP contribution in [0.3, 0.4) is 0 Å². The highest BCUT2D eigenvalue weighted by atomic mass is 35.5. The van der Waals surface area contributed by atoms with E-state index in [4.69, 9.17) is 16.7 Å². The number of benzene rings is 1. The predicted octanol–water partition coefficient (Wildman–Crippen LogP) is 3.35. The molecule has 1 aromatic rings. The Kier molecular flexibility index (Phi) is 6.52. The van der Waals surface area contributed by atoms with Crippen molar-refractivity contribution in [3.8, 4) is 0 Å². The summed E-state index contributed by atoms with van der Waals surface area (Å²) in [5.41, 5.74) is -0.101. The zero-order valence-electron chi connectivity index (χ0n) is 10.4. The van der Waals surface area contributed by atoms with Gasteiger partial charge in [-0.1, -0.05) is 24.4 Å². The number of nitro groups is 1. The van der Waals surface area contributed by atoms with E-state index in [9.17, 15) is 14.5 Å². The van der Waals surface area contributed by atoms with E-state index in [-0.39, 0.29) is 23.0 Å². The molecule has 19 heavy (non-hydrogen) atoms. The van der Waals surface area contributed by atoms with Gasteiger partial charge in [-0.05, 0) is 18.9 Å². The lowest BCUT2D eigenvalue weighted by molar-refractivity contribution is -0.384. The molecular weight excluding hydrogens is 275 g/mol. The van der Waals surface area contributed by atoms with Gasteiger partial charge in [0.15, 0.2) is 0 Å². The van der Waals surface area contributed by atoms with Crippen LogP contribution in [0.5, 0.6) is 0 Å². The maximum atomic E-state index is 13.2. The van der Waals surface area contributed by atoms with Gasteiger partial charge in [0.1, 0.15) is 11.5 Å². The van der Waals surface area contributed by atoms with Crippen molar-refractivity contribution in [2.45, 2.75) is 25.7 Å². The molecule has 106 valence electrons. The molecule has 1 aromatic carbocycles. The SMILES string of the molecule is O=[N+]([O-])c1cc(F)c(Cl)cc1NCCCCCCO. The highest BCUT2D eigenvalue weighted by molar-refractivity contribution is 6.31. The molecule has 1 rings (SSSR count). The molecule has 0 amide bonds. The van der Waals surface area contributed by atoms with Gasteiger partial charge in [0.05, 0.1) is 16.0 Å². The molecule has 0 heterocycles. The van der Waals surface area contributed by atoms with Crippen LogP contribution in [0, 0.1) is 15.9 Å². The van der Waals surface area contributed by atoms with Crippen molar-refractivity contribution in [2.24, 2.45) is 0 Å². The third-order valence-electron chi connectivity index (χ3n) is 2.64. The van der Waals surface area contributed by atoms with Crippen LogP contribution in [0.15, 0.2) is 12.1 Å². The summed E-state index contributed by atoms with van der Waals surface area (Å²) in [4.78, 5) is 10.1. The zero-order valence-corrected chi connectivity index (χ0v) is 11.1. The Morgan fingerprint density at radius 1 is 1.32 bits per heavy atom. The monoisotopic (exact) mass is 290 g/mol. The van der Waals surface area contributed by atoms with Crippen LogP contribution in [0.4, 0.5) is 15.8 Å². The summed E-state index contributed by atoms with van der Waals surface area (Å²) < 4.78 is 13.2. The molecule has 5 nitrogen and oxygen atoms in total. The number of nitrogens with zero attached hydrogens (tertiary/aromatic N) is 1. The molecule has 0 aliphatic rings. The second-order valence-corrected chi connectivity index (χ2v) is 4.51. The lowest BCUT2D eigenvalue weighted by Crippen LogP contribution is -2.05. The number of aliphatic hydroxyl groups is 1. The molecule has 0 unspecified atom stereocenters. The number of halogens is 2. The number of anilines is 1. The van der Waals surface area contributed by atoms with E-state index in [0.29, 0.717) is 6.54 Å². The minimum Gasteiger partial charge on any atom is -0.396 e. The summed E-state index contributed by atoms with van der Waals surface area (Å²) in [5.74, 6) is -0.804. The first-order valence-electron chi connectivity index (χ1n) is 6.04. The van der Waals surface area contributed by atoms with Gasteiger partial charge in [-0.25, -0.2) is 4.39 Å². The van der Waals surface area contributed by atoms with Crippen molar-refractivity contribution < 1.29 is 14.4 Å². The molecule has 0 saturated heterocycles. The van der Waals surface area contributed by atoms with E-state index in [0.717, 1.165) is 31.7 Å². The first-order valence-corrected chi connectivity index (χ1v) is 6.42. The molecule has 2 N–H and O–H groups in total. The van der Waals surface area contributed by atoms with Crippen LogP contribution >= 0.6 is 11.6 Å². The average Bonchev–Trinajstić information content (AvgIpc) is 2.37. The van der Waals surface area contributed by atoms with Crippen molar-refractivity contribution in [1.29, 1.82) is 0 Å². The molecule has 0 bridgehead atoms. The Balaban J connectivity index is 2.57. The third kappa shape index (κ3) is 5.00. The number of hydrogen-bond donors (Lipinski definition) is 2. The van der Waals surface area contributed by atoms with Gasteiger partial charge in [0.25, 0.3) is 5.69 Å². The summed E-state index contributed by atoms with van der Waals surface area (Å²) in [5, 5.41) is 22.1. The van der Waals surface area contributed by atoms with E-state index < -0.39 is 10.7 Å². The summed E-state index contributed by atoms with van der Waals surface area (Å²) in [6, 6.07) is 2.04. The average molecular weight is 291 g/mol. The van der Waals surface area contributed by atoms with E-state index in [1.54, 1.807) is 0 Å². The van der Waals surface area contributed by atoms with Crippen molar-refractivity contribution in [1.82, 2.24) is 0 Å². The van der Waals surface area contributed by atoms with Gasteiger partial charge in [-0.15, -0.1) is 0 Å². The molecule has 0 saturated carbocycles. The van der Waals surface area contributed by atoms with Crippen LogP contribution in [0.1, 0.15) is 25.7 Å². The Hall–Kier alpha value is -1.40. The van der Waals surface area contributed by atoms with Crippen LogP contribution in [0.2, 0.25) is 5.02 Å². The van der Waals surface area contributed by atoms with E-state index in [1.165, 1.54) is 6.07 Å². The molecule has 7 heteroatoms. The molecular formula is C12H16ClFN2O3. The minimum atomic E-state index is -0.804. The highest BCUT2D eigenvalue weighted by Gasteiger charge is 2.17. The van der Waals surface area contributed by atoms with Crippen LogP contribution in [-0.4, -0.2) is 23.2 Å². The van der Waals surface area contributed by atoms with Crippen molar-refractivity contribution in [3.05, 3.63) is 33.1 Å². The summed E-state index contributed by atoms with van der Waals surface area (Å²) in [6.45, 7) is 0.709.